The molecule has 5 atom stereocenters. The molecule has 0 amide bonds. The number of aliphatic hydroxyl groups is 3. The van der Waals surface area contributed by atoms with Crippen LogP contribution in [-0.4, -0.2) is 72.2 Å². The molecule has 1 aliphatic heterocycles. The van der Waals surface area contributed by atoms with Crippen molar-refractivity contribution in [1.29, 1.82) is 0 Å². The first kappa shape index (κ1) is 20.5. The van der Waals surface area contributed by atoms with Gasteiger partial charge in [0.1, 0.15) is 24.0 Å². The molecule has 0 bridgehead atoms. The summed E-state index contributed by atoms with van der Waals surface area (Å²) < 4.78 is 5.17. The van der Waals surface area contributed by atoms with Crippen molar-refractivity contribution in [2.24, 2.45) is 0 Å². The first-order chi connectivity index (χ1) is 13.2. The molecule has 3 unspecified atom stereocenters. The minimum absolute atomic E-state index is 0.0616. The molecule has 0 aliphatic carbocycles. The third-order valence-corrected chi connectivity index (χ3v) is 4.86. The molecule has 11 nitrogen and oxygen atoms in total. The molecule has 1 aromatic carbocycles. The third-order valence-electron chi connectivity index (χ3n) is 4.05. The summed E-state index contributed by atoms with van der Waals surface area (Å²) in [6, 6.07) is 4.75. The van der Waals surface area contributed by atoms with Crippen molar-refractivity contribution in [1.82, 2.24) is 15.2 Å². The molecule has 3 rings (SSSR count). The molecule has 7 N–H and O–H groups in total. The zero-order chi connectivity index (χ0) is 20.6. The van der Waals surface area contributed by atoms with E-state index in [0.29, 0.717) is 5.56 Å². The Hall–Kier alpha value is -2.28. The van der Waals surface area contributed by atoms with Gasteiger partial charge in [0.2, 0.25) is 5.95 Å². The van der Waals surface area contributed by atoms with Crippen LogP contribution in [0.4, 0.5) is 11.8 Å². The second kappa shape index (κ2) is 7.99. The minimum atomic E-state index is -1.83. The molecule has 0 saturated carbocycles. The van der Waals surface area contributed by atoms with Crippen LogP contribution >= 0.6 is 23.2 Å². The number of rotatable bonds is 4. The number of nitrogens with zero attached hydrogens (tertiary/aromatic N) is 3. The average molecular weight is 432 g/mol. The van der Waals surface area contributed by atoms with Crippen molar-refractivity contribution < 1.29 is 30.0 Å². The number of aliphatic hydroxyl groups excluding tert-OH is 3. The predicted octanol–water partition coefficient (Wildman–Crippen LogP) is -0.268. The van der Waals surface area contributed by atoms with Crippen LogP contribution in [0, 0.1) is 0 Å². The van der Waals surface area contributed by atoms with Gasteiger partial charge >= 0.3 is 5.97 Å². The lowest BCUT2D eigenvalue weighted by atomic mass is 9.98. The van der Waals surface area contributed by atoms with Gasteiger partial charge in [0.15, 0.2) is 18.1 Å². The Balaban J connectivity index is 1.99. The number of halogens is 2. The Morgan fingerprint density at radius 2 is 1.86 bits per heavy atom. The summed E-state index contributed by atoms with van der Waals surface area (Å²) in [6.45, 7) is 0. The fraction of sp³-hybridized carbons (Fsp3) is 0.333. The molecule has 2 heterocycles. The number of benzene rings is 1. The van der Waals surface area contributed by atoms with E-state index in [0.717, 1.165) is 0 Å². The van der Waals surface area contributed by atoms with Crippen LogP contribution in [0.25, 0.3) is 11.3 Å². The molecule has 1 saturated heterocycles. The van der Waals surface area contributed by atoms with Crippen molar-refractivity contribution >= 4 is 40.9 Å². The van der Waals surface area contributed by atoms with Crippen LogP contribution in [0.3, 0.4) is 0 Å². The van der Waals surface area contributed by atoms with E-state index in [4.69, 9.17) is 38.8 Å². The van der Waals surface area contributed by atoms with Gasteiger partial charge in [-0.2, -0.15) is 4.98 Å². The fourth-order valence-corrected chi connectivity index (χ4v) is 3.03. The van der Waals surface area contributed by atoms with Gasteiger partial charge in [-0.25, -0.2) is 4.79 Å². The normalized spacial score (nSPS) is 27.4. The van der Waals surface area contributed by atoms with E-state index in [1.165, 1.54) is 0 Å². The van der Waals surface area contributed by atoms with Crippen LogP contribution in [0.15, 0.2) is 18.2 Å². The summed E-state index contributed by atoms with van der Waals surface area (Å²) in [5.41, 5.74) is 5.99. The van der Waals surface area contributed by atoms with Crippen molar-refractivity contribution in [2.45, 2.75) is 30.6 Å². The summed E-state index contributed by atoms with van der Waals surface area (Å²) in [5.74, 6) is -1.82. The first-order valence-electron chi connectivity index (χ1n) is 7.84. The Morgan fingerprint density at radius 1 is 1.14 bits per heavy atom. The van der Waals surface area contributed by atoms with E-state index < -0.39 is 36.6 Å². The van der Waals surface area contributed by atoms with Gasteiger partial charge in [-0.3, -0.25) is 0 Å². The third kappa shape index (κ3) is 3.81. The summed E-state index contributed by atoms with van der Waals surface area (Å²) in [4.78, 5) is 15.2. The van der Waals surface area contributed by atoms with Crippen LogP contribution in [0.5, 0.6) is 0 Å². The maximum absolute atomic E-state index is 11.2. The number of carbonyl (C=O) groups is 1. The highest BCUT2D eigenvalue weighted by Gasteiger charge is 2.47. The summed E-state index contributed by atoms with van der Waals surface area (Å²) >= 11 is 12.2. The number of nitrogen functional groups attached to an aromatic ring is 1. The number of aliphatic carboxylic acids is 1. The number of nitrogens with two attached hydrogens (primary N) is 1. The highest BCUT2D eigenvalue weighted by Crippen LogP contribution is 2.36. The molecule has 1 aromatic heterocycles. The topological polar surface area (TPSA) is 184 Å². The number of ether oxygens (including phenoxy) is 1. The van der Waals surface area contributed by atoms with Crippen molar-refractivity contribution in [3.8, 4) is 11.3 Å². The van der Waals surface area contributed by atoms with Crippen molar-refractivity contribution in [2.75, 3.05) is 11.1 Å². The standard InChI is InChI=1S/C15H15Cl2N5O6/c16-5-3-1-2-4(6(5)17)7-12(20-15(18)22-21-7)19-13-10(25)8(23)9(24)11(28-13)14(26)27/h1-3,8-11,13,23-25H,(H,26,27)(H3,18,19,20,22)/t8?,9?,10?,11-,13+/m0/s1. The van der Waals surface area contributed by atoms with Gasteiger partial charge in [-0.15, -0.1) is 10.2 Å². The van der Waals surface area contributed by atoms with Gasteiger partial charge < -0.3 is 36.2 Å². The van der Waals surface area contributed by atoms with E-state index >= 15 is 0 Å². The summed E-state index contributed by atoms with van der Waals surface area (Å²) in [7, 11) is 0. The second-order valence-corrected chi connectivity index (χ2v) is 6.69. The number of carboxylic acid groups (broad SMARTS) is 1. The highest BCUT2D eigenvalue weighted by molar-refractivity contribution is 6.43. The van der Waals surface area contributed by atoms with Gasteiger partial charge in [-0.1, -0.05) is 35.3 Å². The van der Waals surface area contributed by atoms with E-state index in [1.54, 1.807) is 18.2 Å². The minimum Gasteiger partial charge on any atom is -0.479 e. The molecule has 2 aromatic rings. The van der Waals surface area contributed by atoms with E-state index in [-0.39, 0.29) is 27.5 Å². The largest absolute Gasteiger partial charge is 0.479 e. The van der Waals surface area contributed by atoms with E-state index in [1.807, 2.05) is 0 Å². The molecular formula is C15H15Cl2N5O6. The van der Waals surface area contributed by atoms with Crippen LogP contribution in [0.2, 0.25) is 10.0 Å². The van der Waals surface area contributed by atoms with Crippen LogP contribution in [0.1, 0.15) is 0 Å². The number of nitrogens with one attached hydrogen (secondary N) is 1. The van der Waals surface area contributed by atoms with E-state index in [2.05, 4.69) is 20.5 Å². The highest BCUT2D eigenvalue weighted by atomic mass is 35.5. The lowest BCUT2D eigenvalue weighted by molar-refractivity contribution is -0.221. The monoisotopic (exact) mass is 431 g/mol. The smallest absolute Gasteiger partial charge is 0.335 e. The first-order valence-corrected chi connectivity index (χ1v) is 8.60. The Bertz CT molecular complexity index is 903. The quantitative estimate of drug-likeness (QED) is 0.374. The van der Waals surface area contributed by atoms with Gasteiger partial charge in [-0.05, 0) is 6.07 Å². The van der Waals surface area contributed by atoms with E-state index in [9.17, 15) is 20.1 Å². The zero-order valence-corrected chi connectivity index (χ0v) is 15.4. The Morgan fingerprint density at radius 3 is 2.54 bits per heavy atom. The molecule has 1 fully saturated rings. The lowest BCUT2D eigenvalue weighted by Gasteiger charge is -2.39. The maximum Gasteiger partial charge on any atom is 0.335 e. The number of hydrogen-bond acceptors (Lipinski definition) is 10. The number of anilines is 2. The zero-order valence-electron chi connectivity index (χ0n) is 13.9. The second-order valence-electron chi connectivity index (χ2n) is 5.90. The predicted molar refractivity (Wildman–Crippen MR) is 97.6 cm³/mol. The van der Waals surface area contributed by atoms with Crippen LogP contribution < -0.4 is 11.1 Å². The van der Waals surface area contributed by atoms with Crippen molar-refractivity contribution in [3.05, 3.63) is 28.2 Å². The molecule has 13 heteroatoms. The Labute approximate surface area is 167 Å². The fourth-order valence-electron chi connectivity index (χ4n) is 2.64. The molecule has 150 valence electrons. The van der Waals surface area contributed by atoms with Crippen molar-refractivity contribution in [3.63, 3.8) is 0 Å². The van der Waals surface area contributed by atoms with Gasteiger partial charge in [0.05, 0.1) is 10.0 Å². The van der Waals surface area contributed by atoms with Gasteiger partial charge in [0, 0.05) is 5.56 Å². The number of hydrogen-bond donors (Lipinski definition) is 6. The molecule has 28 heavy (non-hydrogen) atoms. The Kier molecular flexibility index (Phi) is 5.84. The summed E-state index contributed by atoms with van der Waals surface area (Å²) in [6.07, 6.45) is -8.57. The molecule has 0 spiro atoms. The number of aromatic nitrogens is 3. The molecule has 1 aliphatic rings. The SMILES string of the molecule is Nc1nnc(-c2cccc(Cl)c2Cl)c(N[C@@H]2O[C@H](C(=O)O)C(O)C(O)C2O)n1. The average Bonchev–Trinajstić information content (AvgIpc) is 2.64. The number of carboxylic acids is 1. The van der Waals surface area contributed by atoms with Gasteiger partial charge in [0.25, 0.3) is 0 Å². The van der Waals surface area contributed by atoms with Crippen LogP contribution in [-0.2, 0) is 9.53 Å². The maximum atomic E-state index is 11.2. The lowest BCUT2D eigenvalue weighted by Crippen LogP contribution is -2.61. The molecular weight excluding hydrogens is 417 g/mol. The summed E-state index contributed by atoms with van der Waals surface area (Å²) in [5, 5.41) is 49.6. The molecule has 0 radical (unpaired) electrons.